The zero-order valence-corrected chi connectivity index (χ0v) is 7.78. The quantitative estimate of drug-likeness (QED) is 0.739. The number of fused-ring (bicyclic) bond motifs is 1. The largest absolute Gasteiger partial charge is 0.481 e. The highest BCUT2D eigenvalue weighted by Crippen LogP contribution is 2.20. The Bertz CT molecular complexity index is 390. The number of nitrogens with zero attached hydrogens (tertiary/aromatic N) is 2. The lowest BCUT2D eigenvalue weighted by atomic mass is 10.2. The van der Waals surface area contributed by atoms with Gasteiger partial charge in [0, 0.05) is 11.3 Å². The first-order valence-electron chi connectivity index (χ1n) is 4.31. The van der Waals surface area contributed by atoms with Crippen LogP contribution < -0.4 is 0 Å². The first-order chi connectivity index (χ1) is 6.66. The summed E-state index contributed by atoms with van der Waals surface area (Å²) in [5.41, 5.74) is 2.65. The standard InChI is InChI=1S/C9H10N2O3/c1-5-6-3-14-4-7(6)11-8(10-5)2-9(12)13/h2-4H2,1H3,(H,12,13). The molecule has 14 heavy (non-hydrogen) atoms. The molecule has 5 heteroatoms. The summed E-state index contributed by atoms with van der Waals surface area (Å²) >= 11 is 0. The van der Waals surface area contributed by atoms with Gasteiger partial charge >= 0.3 is 5.97 Å². The van der Waals surface area contributed by atoms with Gasteiger partial charge in [0.2, 0.25) is 0 Å². The van der Waals surface area contributed by atoms with Crippen molar-refractivity contribution in [3.05, 3.63) is 22.8 Å². The van der Waals surface area contributed by atoms with Gasteiger partial charge in [0.25, 0.3) is 0 Å². The zero-order chi connectivity index (χ0) is 10.1. The van der Waals surface area contributed by atoms with Gasteiger partial charge in [0.15, 0.2) is 0 Å². The number of hydrogen-bond acceptors (Lipinski definition) is 4. The van der Waals surface area contributed by atoms with Gasteiger partial charge in [-0.2, -0.15) is 0 Å². The van der Waals surface area contributed by atoms with Crippen LogP contribution in [0.25, 0.3) is 0 Å². The molecule has 0 spiro atoms. The number of carbonyl (C=O) groups is 1. The molecular formula is C9H10N2O3. The molecule has 5 nitrogen and oxygen atoms in total. The van der Waals surface area contributed by atoms with E-state index in [1.165, 1.54) is 0 Å². The number of aromatic nitrogens is 2. The van der Waals surface area contributed by atoms with Crippen LogP contribution in [0.4, 0.5) is 0 Å². The molecule has 0 bridgehead atoms. The molecular weight excluding hydrogens is 184 g/mol. The van der Waals surface area contributed by atoms with Crippen LogP contribution in [0.5, 0.6) is 0 Å². The maximum atomic E-state index is 10.5. The summed E-state index contributed by atoms with van der Waals surface area (Å²) in [4.78, 5) is 18.7. The fourth-order valence-electron chi connectivity index (χ4n) is 1.49. The van der Waals surface area contributed by atoms with Crippen LogP contribution in [0.3, 0.4) is 0 Å². The molecule has 1 aliphatic rings. The zero-order valence-electron chi connectivity index (χ0n) is 7.78. The molecule has 0 fully saturated rings. The summed E-state index contributed by atoms with van der Waals surface area (Å²) in [6.45, 7) is 2.85. The van der Waals surface area contributed by atoms with Crippen molar-refractivity contribution < 1.29 is 14.6 Å². The second-order valence-electron chi connectivity index (χ2n) is 3.21. The van der Waals surface area contributed by atoms with Crippen molar-refractivity contribution in [1.29, 1.82) is 0 Å². The lowest BCUT2D eigenvalue weighted by Gasteiger charge is -2.03. The number of rotatable bonds is 2. The first-order valence-corrected chi connectivity index (χ1v) is 4.31. The fraction of sp³-hybridized carbons (Fsp3) is 0.444. The van der Waals surface area contributed by atoms with E-state index >= 15 is 0 Å². The highest BCUT2D eigenvalue weighted by atomic mass is 16.5. The Morgan fingerprint density at radius 1 is 1.50 bits per heavy atom. The number of aliphatic carboxylic acids is 1. The van der Waals surface area contributed by atoms with E-state index < -0.39 is 5.97 Å². The van der Waals surface area contributed by atoms with Gasteiger partial charge < -0.3 is 9.84 Å². The van der Waals surface area contributed by atoms with Crippen LogP contribution in [0.2, 0.25) is 0 Å². The molecule has 0 amide bonds. The third-order valence-corrected chi connectivity index (χ3v) is 2.14. The monoisotopic (exact) mass is 194 g/mol. The van der Waals surface area contributed by atoms with Crippen molar-refractivity contribution in [2.75, 3.05) is 0 Å². The molecule has 1 aliphatic heterocycles. The van der Waals surface area contributed by atoms with Gasteiger partial charge in [-0.25, -0.2) is 9.97 Å². The third-order valence-electron chi connectivity index (χ3n) is 2.14. The predicted octanol–water partition coefficient (Wildman–Crippen LogP) is 0.442. The number of hydrogen-bond donors (Lipinski definition) is 1. The summed E-state index contributed by atoms with van der Waals surface area (Å²) in [6, 6.07) is 0. The number of carboxylic acids is 1. The number of ether oxygens (including phenoxy) is 1. The van der Waals surface area contributed by atoms with Crippen LogP contribution in [-0.4, -0.2) is 21.0 Å². The van der Waals surface area contributed by atoms with E-state index in [1.54, 1.807) is 0 Å². The van der Waals surface area contributed by atoms with E-state index in [-0.39, 0.29) is 6.42 Å². The number of aryl methyl sites for hydroxylation is 1. The highest BCUT2D eigenvalue weighted by Gasteiger charge is 2.18. The summed E-state index contributed by atoms with van der Waals surface area (Å²) in [5.74, 6) is -0.553. The second-order valence-corrected chi connectivity index (χ2v) is 3.21. The Morgan fingerprint density at radius 2 is 2.29 bits per heavy atom. The van der Waals surface area contributed by atoms with Gasteiger partial charge in [-0.05, 0) is 6.92 Å². The SMILES string of the molecule is Cc1nc(CC(=O)O)nc2c1COC2. The van der Waals surface area contributed by atoms with E-state index in [2.05, 4.69) is 9.97 Å². The van der Waals surface area contributed by atoms with Gasteiger partial charge in [-0.15, -0.1) is 0 Å². The summed E-state index contributed by atoms with van der Waals surface area (Å²) < 4.78 is 5.21. The van der Waals surface area contributed by atoms with Crippen molar-refractivity contribution in [2.24, 2.45) is 0 Å². The smallest absolute Gasteiger partial charge is 0.311 e. The molecule has 1 N–H and O–H groups in total. The Morgan fingerprint density at radius 3 is 3.00 bits per heavy atom. The maximum Gasteiger partial charge on any atom is 0.311 e. The lowest BCUT2D eigenvalue weighted by molar-refractivity contribution is -0.136. The molecule has 0 radical (unpaired) electrons. The molecule has 74 valence electrons. The Kier molecular flexibility index (Phi) is 2.17. The lowest BCUT2D eigenvalue weighted by Crippen LogP contribution is -2.08. The first kappa shape index (κ1) is 9.08. The Balaban J connectivity index is 2.36. The molecule has 0 aromatic carbocycles. The minimum atomic E-state index is -0.914. The third kappa shape index (κ3) is 1.58. The van der Waals surface area contributed by atoms with E-state index in [4.69, 9.17) is 9.84 Å². The summed E-state index contributed by atoms with van der Waals surface area (Å²) in [5, 5.41) is 8.60. The molecule has 2 heterocycles. The maximum absolute atomic E-state index is 10.5. The molecule has 2 rings (SSSR count). The average Bonchev–Trinajstić information content (AvgIpc) is 2.50. The molecule has 0 aliphatic carbocycles. The molecule has 0 saturated heterocycles. The van der Waals surface area contributed by atoms with Crippen LogP contribution >= 0.6 is 0 Å². The average molecular weight is 194 g/mol. The van der Waals surface area contributed by atoms with Gasteiger partial charge in [0.05, 0.1) is 18.9 Å². The van der Waals surface area contributed by atoms with Crippen molar-refractivity contribution in [3.8, 4) is 0 Å². The Hall–Kier alpha value is -1.49. The number of carboxylic acid groups (broad SMARTS) is 1. The highest BCUT2D eigenvalue weighted by molar-refractivity contribution is 5.69. The predicted molar refractivity (Wildman–Crippen MR) is 46.6 cm³/mol. The van der Waals surface area contributed by atoms with E-state index in [0.717, 1.165) is 17.0 Å². The fourth-order valence-corrected chi connectivity index (χ4v) is 1.49. The summed E-state index contributed by atoms with van der Waals surface area (Å²) in [6.07, 6.45) is -0.131. The van der Waals surface area contributed by atoms with Crippen LogP contribution in [0.15, 0.2) is 0 Å². The van der Waals surface area contributed by atoms with E-state index in [9.17, 15) is 4.79 Å². The van der Waals surface area contributed by atoms with E-state index in [1.807, 2.05) is 6.92 Å². The van der Waals surface area contributed by atoms with Crippen LogP contribution in [0.1, 0.15) is 22.8 Å². The summed E-state index contributed by atoms with van der Waals surface area (Å²) in [7, 11) is 0. The van der Waals surface area contributed by atoms with Gasteiger partial charge in [-0.1, -0.05) is 0 Å². The van der Waals surface area contributed by atoms with Crippen molar-refractivity contribution in [2.45, 2.75) is 26.6 Å². The van der Waals surface area contributed by atoms with Crippen LogP contribution in [0, 0.1) is 6.92 Å². The molecule has 1 aromatic rings. The topological polar surface area (TPSA) is 72.3 Å². The molecule has 0 saturated carbocycles. The van der Waals surface area contributed by atoms with Crippen molar-refractivity contribution in [3.63, 3.8) is 0 Å². The molecule has 1 aromatic heterocycles. The minimum absolute atomic E-state index is 0.131. The minimum Gasteiger partial charge on any atom is -0.481 e. The van der Waals surface area contributed by atoms with Gasteiger partial charge in [-0.3, -0.25) is 4.79 Å². The molecule has 0 atom stereocenters. The van der Waals surface area contributed by atoms with Crippen LogP contribution in [-0.2, 0) is 29.2 Å². The molecule has 0 unspecified atom stereocenters. The second kappa shape index (κ2) is 3.34. The van der Waals surface area contributed by atoms with E-state index in [0.29, 0.717) is 19.0 Å². The van der Waals surface area contributed by atoms with Crippen molar-refractivity contribution >= 4 is 5.97 Å². The van der Waals surface area contributed by atoms with Gasteiger partial charge in [0.1, 0.15) is 12.2 Å². The normalized spacial score (nSPS) is 14.1. The van der Waals surface area contributed by atoms with Crippen molar-refractivity contribution in [1.82, 2.24) is 9.97 Å². The Labute approximate surface area is 80.8 Å².